The molecule has 2 aromatic rings. The number of anilines is 1. The summed E-state index contributed by atoms with van der Waals surface area (Å²) in [5.41, 5.74) is 0.410. The second-order valence-corrected chi connectivity index (χ2v) is 5.02. The van der Waals surface area contributed by atoms with E-state index in [0.29, 0.717) is 30.3 Å². The van der Waals surface area contributed by atoms with E-state index in [9.17, 15) is 14.9 Å². The van der Waals surface area contributed by atoms with Gasteiger partial charge in [-0.25, -0.2) is 0 Å². The van der Waals surface area contributed by atoms with Gasteiger partial charge >= 0.3 is 0 Å². The summed E-state index contributed by atoms with van der Waals surface area (Å²) in [5.74, 6) is 0.993. The third kappa shape index (κ3) is 5.69. The highest BCUT2D eigenvalue weighted by Crippen LogP contribution is 2.22. The Morgan fingerprint density at radius 3 is 2.44 bits per heavy atom. The Kier molecular flexibility index (Phi) is 6.58. The number of amides is 1. The first-order chi connectivity index (χ1) is 12.1. The maximum absolute atomic E-state index is 11.7. The van der Waals surface area contributed by atoms with Gasteiger partial charge in [0.15, 0.2) is 6.61 Å². The van der Waals surface area contributed by atoms with Crippen LogP contribution in [0.4, 0.5) is 11.4 Å². The zero-order chi connectivity index (χ0) is 18.1. The van der Waals surface area contributed by atoms with Crippen LogP contribution < -0.4 is 20.1 Å². The predicted molar refractivity (Wildman–Crippen MR) is 93.1 cm³/mol. The van der Waals surface area contributed by atoms with E-state index < -0.39 is 4.92 Å². The maximum atomic E-state index is 11.7. The highest BCUT2D eigenvalue weighted by atomic mass is 16.6. The average Bonchev–Trinajstić information content (AvgIpc) is 2.64. The van der Waals surface area contributed by atoms with Gasteiger partial charge in [0.25, 0.3) is 11.6 Å². The Labute approximate surface area is 144 Å². The van der Waals surface area contributed by atoms with E-state index in [1.54, 1.807) is 49.6 Å². The van der Waals surface area contributed by atoms with Gasteiger partial charge in [0.05, 0.1) is 12.0 Å². The minimum absolute atomic E-state index is 0.00309. The first-order valence-corrected chi connectivity index (χ1v) is 7.61. The number of ether oxygens (including phenoxy) is 2. The van der Waals surface area contributed by atoms with E-state index in [2.05, 4.69) is 10.6 Å². The fourth-order valence-electron chi connectivity index (χ4n) is 2.05. The number of rotatable bonds is 9. The number of nitro benzene ring substituents is 1. The molecule has 0 saturated heterocycles. The lowest BCUT2D eigenvalue weighted by atomic mass is 10.2. The van der Waals surface area contributed by atoms with Gasteiger partial charge in [-0.15, -0.1) is 0 Å². The molecule has 1 amide bonds. The molecule has 132 valence electrons. The van der Waals surface area contributed by atoms with Crippen molar-refractivity contribution in [2.75, 3.05) is 32.1 Å². The summed E-state index contributed by atoms with van der Waals surface area (Å²) < 4.78 is 10.4. The Hall–Kier alpha value is -3.29. The van der Waals surface area contributed by atoms with E-state index in [4.69, 9.17) is 9.47 Å². The van der Waals surface area contributed by atoms with Crippen LogP contribution in [-0.2, 0) is 4.79 Å². The zero-order valence-electron chi connectivity index (χ0n) is 13.7. The molecule has 8 nitrogen and oxygen atoms in total. The molecule has 0 unspecified atom stereocenters. The fourth-order valence-corrected chi connectivity index (χ4v) is 2.05. The predicted octanol–water partition coefficient (Wildman–Crippen LogP) is 2.21. The molecule has 0 radical (unpaired) electrons. The lowest BCUT2D eigenvalue weighted by Gasteiger charge is -2.09. The molecule has 2 N–H and O–H groups in total. The molecular weight excluding hydrogens is 326 g/mol. The Balaban J connectivity index is 1.69. The molecule has 8 heteroatoms. The van der Waals surface area contributed by atoms with Crippen LogP contribution in [-0.4, -0.2) is 37.6 Å². The number of benzene rings is 2. The van der Waals surface area contributed by atoms with Crippen LogP contribution in [0.3, 0.4) is 0 Å². The van der Waals surface area contributed by atoms with Crippen molar-refractivity contribution in [3.63, 3.8) is 0 Å². The van der Waals surface area contributed by atoms with Crippen LogP contribution in [0.1, 0.15) is 0 Å². The van der Waals surface area contributed by atoms with Gasteiger partial charge < -0.3 is 20.1 Å². The van der Waals surface area contributed by atoms with Gasteiger partial charge in [0.1, 0.15) is 17.2 Å². The van der Waals surface area contributed by atoms with Crippen molar-refractivity contribution in [1.29, 1.82) is 0 Å². The minimum atomic E-state index is -0.455. The number of hydrogen-bond donors (Lipinski definition) is 2. The lowest BCUT2D eigenvalue weighted by molar-refractivity contribution is -0.384. The number of carbonyl (C=O) groups is 1. The average molecular weight is 345 g/mol. The quantitative estimate of drug-likeness (QED) is 0.410. The monoisotopic (exact) mass is 345 g/mol. The van der Waals surface area contributed by atoms with Crippen LogP contribution in [0.2, 0.25) is 0 Å². The van der Waals surface area contributed by atoms with Gasteiger partial charge in [-0.1, -0.05) is 12.1 Å². The minimum Gasteiger partial charge on any atom is -0.497 e. The third-order valence-electron chi connectivity index (χ3n) is 3.29. The van der Waals surface area contributed by atoms with Gasteiger partial charge in [-0.3, -0.25) is 14.9 Å². The molecule has 0 heterocycles. The van der Waals surface area contributed by atoms with E-state index in [1.165, 1.54) is 6.07 Å². The highest BCUT2D eigenvalue weighted by molar-refractivity contribution is 5.77. The third-order valence-corrected chi connectivity index (χ3v) is 3.29. The van der Waals surface area contributed by atoms with Crippen LogP contribution in [0, 0.1) is 10.1 Å². The van der Waals surface area contributed by atoms with Crippen LogP contribution in [0.5, 0.6) is 11.5 Å². The molecule has 0 atom stereocenters. The standard InChI is InChI=1S/C17H19N3O5/c1-24-13-6-8-14(9-7-13)25-12-17(21)19-11-10-18-15-4-2-3-5-16(15)20(22)23/h2-9,18H,10-12H2,1H3,(H,19,21). The molecule has 0 spiro atoms. The molecule has 0 saturated carbocycles. The molecule has 0 fully saturated rings. The molecule has 2 rings (SSSR count). The van der Waals surface area contributed by atoms with Crippen LogP contribution in [0.25, 0.3) is 0 Å². The fraction of sp³-hybridized carbons (Fsp3) is 0.235. The summed E-state index contributed by atoms with van der Waals surface area (Å²) in [6.45, 7) is 0.563. The topological polar surface area (TPSA) is 103 Å². The zero-order valence-corrected chi connectivity index (χ0v) is 13.7. The Morgan fingerprint density at radius 1 is 1.08 bits per heavy atom. The highest BCUT2D eigenvalue weighted by Gasteiger charge is 2.11. The normalized spacial score (nSPS) is 9.96. The van der Waals surface area contributed by atoms with E-state index in [1.807, 2.05) is 0 Å². The van der Waals surface area contributed by atoms with Crippen molar-refractivity contribution < 1.29 is 19.2 Å². The number of hydrogen-bond acceptors (Lipinski definition) is 6. The largest absolute Gasteiger partial charge is 0.497 e. The van der Waals surface area contributed by atoms with Gasteiger partial charge in [-0.05, 0) is 30.3 Å². The molecule has 2 aromatic carbocycles. The second kappa shape index (κ2) is 9.11. The number of nitro groups is 1. The Bertz CT molecular complexity index is 718. The van der Waals surface area contributed by atoms with Crippen molar-refractivity contribution in [2.24, 2.45) is 0 Å². The van der Waals surface area contributed by atoms with Crippen molar-refractivity contribution in [1.82, 2.24) is 5.32 Å². The lowest BCUT2D eigenvalue weighted by Crippen LogP contribution is -2.32. The first-order valence-electron chi connectivity index (χ1n) is 7.61. The van der Waals surface area contributed by atoms with Gasteiger partial charge in [0, 0.05) is 19.2 Å². The number of nitrogens with zero attached hydrogens (tertiary/aromatic N) is 1. The van der Waals surface area contributed by atoms with Crippen LogP contribution in [0.15, 0.2) is 48.5 Å². The van der Waals surface area contributed by atoms with Crippen molar-refractivity contribution in [2.45, 2.75) is 0 Å². The van der Waals surface area contributed by atoms with E-state index in [0.717, 1.165) is 0 Å². The molecule has 0 aliphatic rings. The molecular formula is C17H19N3O5. The number of carbonyl (C=O) groups excluding carboxylic acids is 1. The SMILES string of the molecule is COc1ccc(OCC(=O)NCCNc2ccccc2[N+](=O)[O-])cc1. The second-order valence-electron chi connectivity index (χ2n) is 5.02. The number of nitrogens with one attached hydrogen (secondary N) is 2. The summed E-state index contributed by atoms with van der Waals surface area (Å²) in [6, 6.07) is 13.2. The number of methoxy groups -OCH3 is 1. The maximum Gasteiger partial charge on any atom is 0.292 e. The van der Waals surface area contributed by atoms with Crippen molar-refractivity contribution in [3.8, 4) is 11.5 Å². The molecule has 0 aromatic heterocycles. The molecule has 0 bridgehead atoms. The molecule has 0 aliphatic carbocycles. The molecule has 0 aliphatic heterocycles. The van der Waals surface area contributed by atoms with Crippen molar-refractivity contribution >= 4 is 17.3 Å². The van der Waals surface area contributed by atoms with Gasteiger partial charge in [0.2, 0.25) is 0 Å². The summed E-state index contributed by atoms with van der Waals surface area (Å²) in [4.78, 5) is 22.2. The van der Waals surface area contributed by atoms with Crippen LogP contribution >= 0.6 is 0 Å². The summed E-state index contributed by atoms with van der Waals surface area (Å²) >= 11 is 0. The van der Waals surface area contributed by atoms with Gasteiger partial charge in [-0.2, -0.15) is 0 Å². The van der Waals surface area contributed by atoms with Crippen molar-refractivity contribution in [3.05, 3.63) is 58.6 Å². The summed E-state index contributed by atoms with van der Waals surface area (Å²) in [5, 5.41) is 16.5. The first kappa shape index (κ1) is 18.1. The summed E-state index contributed by atoms with van der Waals surface area (Å²) in [6.07, 6.45) is 0. The summed E-state index contributed by atoms with van der Waals surface area (Å²) in [7, 11) is 1.57. The number of para-hydroxylation sites is 2. The smallest absolute Gasteiger partial charge is 0.292 e. The van der Waals surface area contributed by atoms with E-state index in [-0.39, 0.29) is 18.2 Å². The Morgan fingerprint density at radius 2 is 1.76 bits per heavy atom. The molecule has 25 heavy (non-hydrogen) atoms. The van der Waals surface area contributed by atoms with E-state index >= 15 is 0 Å².